The van der Waals surface area contributed by atoms with Gasteiger partial charge in [0.15, 0.2) is 0 Å². The molecule has 0 bridgehead atoms. The highest BCUT2D eigenvalue weighted by atomic mass is 32.1. The Kier molecular flexibility index (Phi) is 4.86. The summed E-state index contributed by atoms with van der Waals surface area (Å²) < 4.78 is 0. The molecule has 0 N–H and O–H groups in total. The smallest absolute Gasteiger partial charge is 0.243 e. The summed E-state index contributed by atoms with van der Waals surface area (Å²) in [6.45, 7) is 3.56. The van der Waals surface area contributed by atoms with Gasteiger partial charge in [-0.05, 0) is 44.2 Å². The average molecular weight is 356 g/mol. The first-order chi connectivity index (χ1) is 12.3. The molecule has 0 radical (unpaired) electrons. The topological polar surface area (TPSA) is 36.4 Å². The molecule has 2 aliphatic heterocycles. The number of hydrogen-bond donors (Lipinski definition) is 0. The predicted molar refractivity (Wildman–Crippen MR) is 100 cm³/mol. The minimum absolute atomic E-state index is 0.277. The number of nitrogens with zero attached hydrogens (tertiary/aromatic N) is 3. The molecule has 132 valence electrons. The molecule has 1 spiro atoms. The first-order valence-corrected chi connectivity index (χ1v) is 10.1. The molecule has 2 aliphatic rings. The van der Waals surface area contributed by atoms with Gasteiger partial charge in [-0.15, -0.1) is 11.3 Å². The molecule has 4 rings (SSSR count). The highest BCUT2D eigenvalue weighted by Crippen LogP contribution is 2.39. The van der Waals surface area contributed by atoms with Gasteiger partial charge >= 0.3 is 0 Å². The SMILES string of the molecule is O=C1N(CCc2ccccc2)CCCC12CCCN2Cc1nccs1. The largest absolute Gasteiger partial charge is 0.341 e. The van der Waals surface area contributed by atoms with Crippen LogP contribution >= 0.6 is 11.3 Å². The Morgan fingerprint density at radius 3 is 2.68 bits per heavy atom. The van der Waals surface area contributed by atoms with Gasteiger partial charge < -0.3 is 4.90 Å². The number of aromatic nitrogens is 1. The Balaban J connectivity index is 1.46. The second kappa shape index (κ2) is 7.26. The van der Waals surface area contributed by atoms with Crippen molar-refractivity contribution < 1.29 is 4.79 Å². The molecule has 1 atom stereocenters. The van der Waals surface area contributed by atoms with Crippen molar-refractivity contribution in [3.8, 4) is 0 Å². The van der Waals surface area contributed by atoms with E-state index in [0.29, 0.717) is 5.91 Å². The number of likely N-dealkylation sites (tertiary alicyclic amines) is 2. The van der Waals surface area contributed by atoms with Gasteiger partial charge in [-0.2, -0.15) is 0 Å². The fourth-order valence-corrected chi connectivity index (χ4v) is 5.00. The van der Waals surface area contributed by atoms with Crippen LogP contribution in [0.15, 0.2) is 41.9 Å². The minimum atomic E-state index is -0.277. The lowest BCUT2D eigenvalue weighted by Crippen LogP contribution is -2.59. The van der Waals surface area contributed by atoms with Crippen LogP contribution < -0.4 is 0 Å². The van der Waals surface area contributed by atoms with Crippen molar-refractivity contribution >= 4 is 17.2 Å². The van der Waals surface area contributed by atoms with Crippen LogP contribution in [0.25, 0.3) is 0 Å². The first kappa shape index (κ1) is 16.7. The summed E-state index contributed by atoms with van der Waals surface area (Å²) in [7, 11) is 0. The molecule has 0 aliphatic carbocycles. The molecular weight excluding hydrogens is 330 g/mol. The van der Waals surface area contributed by atoms with E-state index in [9.17, 15) is 4.79 Å². The lowest BCUT2D eigenvalue weighted by Gasteiger charge is -2.44. The molecule has 2 saturated heterocycles. The number of benzene rings is 1. The van der Waals surface area contributed by atoms with Crippen molar-refractivity contribution in [1.82, 2.24) is 14.8 Å². The van der Waals surface area contributed by atoms with Crippen LogP contribution in [0, 0.1) is 0 Å². The summed E-state index contributed by atoms with van der Waals surface area (Å²) in [6.07, 6.45) is 7.02. The highest BCUT2D eigenvalue weighted by molar-refractivity contribution is 7.09. The molecule has 1 unspecified atom stereocenters. The summed E-state index contributed by atoms with van der Waals surface area (Å²) >= 11 is 1.69. The van der Waals surface area contributed by atoms with Crippen molar-refractivity contribution in [2.24, 2.45) is 0 Å². The molecule has 1 amide bonds. The Morgan fingerprint density at radius 2 is 1.92 bits per heavy atom. The van der Waals surface area contributed by atoms with Gasteiger partial charge in [-0.25, -0.2) is 4.98 Å². The number of amides is 1. The quantitative estimate of drug-likeness (QED) is 0.825. The van der Waals surface area contributed by atoms with Gasteiger partial charge in [0.25, 0.3) is 0 Å². The Labute approximate surface area is 153 Å². The van der Waals surface area contributed by atoms with Crippen LogP contribution in [0.3, 0.4) is 0 Å². The van der Waals surface area contributed by atoms with Crippen LogP contribution in [0.1, 0.15) is 36.3 Å². The molecule has 0 saturated carbocycles. The second-order valence-corrected chi connectivity index (χ2v) is 8.09. The number of hydrogen-bond acceptors (Lipinski definition) is 4. The number of rotatable bonds is 5. The zero-order valence-corrected chi connectivity index (χ0v) is 15.4. The van der Waals surface area contributed by atoms with Crippen LogP contribution in [-0.2, 0) is 17.8 Å². The van der Waals surface area contributed by atoms with Crippen LogP contribution in [0.5, 0.6) is 0 Å². The Bertz CT molecular complexity index is 703. The molecule has 2 aromatic rings. The van der Waals surface area contributed by atoms with E-state index < -0.39 is 0 Å². The zero-order valence-electron chi connectivity index (χ0n) is 14.6. The summed E-state index contributed by atoms with van der Waals surface area (Å²) in [5, 5.41) is 3.14. The third-order valence-electron chi connectivity index (χ3n) is 5.65. The second-order valence-electron chi connectivity index (χ2n) is 7.11. The zero-order chi connectivity index (χ0) is 17.1. The van der Waals surface area contributed by atoms with Gasteiger partial charge in [0.2, 0.25) is 5.91 Å². The maximum atomic E-state index is 13.4. The van der Waals surface area contributed by atoms with Crippen LogP contribution in [-0.4, -0.2) is 45.9 Å². The molecule has 25 heavy (non-hydrogen) atoms. The van der Waals surface area contributed by atoms with E-state index in [4.69, 9.17) is 0 Å². The third-order valence-corrected chi connectivity index (χ3v) is 6.41. The first-order valence-electron chi connectivity index (χ1n) is 9.25. The summed E-state index contributed by atoms with van der Waals surface area (Å²) in [6, 6.07) is 10.5. The minimum Gasteiger partial charge on any atom is -0.341 e. The maximum absolute atomic E-state index is 13.4. The van der Waals surface area contributed by atoms with Crippen molar-refractivity contribution in [3.63, 3.8) is 0 Å². The van der Waals surface area contributed by atoms with Gasteiger partial charge in [0.05, 0.1) is 6.54 Å². The summed E-state index contributed by atoms with van der Waals surface area (Å²) in [4.78, 5) is 22.3. The number of thiazole rings is 1. The van der Waals surface area contributed by atoms with Gasteiger partial charge in [-0.3, -0.25) is 9.69 Å². The number of piperidine rings is 1. The molecule has 2 fully saturated rings. The van der Waals surface area contributed by atoms with Crippen LogP contribution in [0.4, 0.5) is 0 Å². The van der Waals surface area contributed by atoms with E-state index in [1.807, 2.05) is 17.6 Å². The van der Waals surface area contributed by atoms with Crippen molar-refractivity contribution in [1.29, 1.82) is 0 Å². The van der Waals surface area contributed by atoms with Crippen molar-refractivity contribution in [3.05, 3.63) is 52.5 Å². The average Bonchev–Trinajstić information content (AvgIpc) is 3.29. The molecule has 4 nitrogen and oxygen atoms in total. The number of carbonyl (C=O) groups is 1. The summed E-state index contributed by atoms with van der Waals surface area (Å²) in [5.41, 5.74) is 1.03. The van der Waals surface area contributed by atoms with E-state index >= 15 is 0 Å². The monoisotopic (exact) mass is 355 g/mol. The van der Waals surface area contributed by atoms with E-state index in [1.165, 1.54) is 5.56 Å². The lowest BCUT2D eigenvalue weighted by atomic mass is 9.85. The van der Waals surface area contributed by atoms with Crippen molar-refractivity contribution in [2.75, 3.05) is 19.6 Å². The van der Waals surface area contributed by atoms with E-state index in [2.05, 4.69) is 39.0 Å². The normalized spacial score (nSPS) is 24.3. The summed E-state index contributed by atoms with van der Waals surface area (Å²) in [5.74, 6) is 0.351. The predicted octanol–water partition coefficient (Wildman–Crippen LogP) is 3.34. The van der Waals surface area contributed by atoms with Gasteiger partial charge in [0, 0.05) is 24.7 Å². The van der Waals surface area contributed by atoms with Crippen LogP contribution in [0.2, 0.25) is 0 Å². The highest BCUT2D eigenvalue weighted by Gasteiger charge is 2.50. The van der Waals surface area contributed by atoms with Gasteiger partial charge in [0.1, 0.15) is 10.5 Å². The van der Waals surface area contributed by atoms with E-state index in [0.717, 1.165) is 63.3 Å². The lowest BCUT2D eigenvalue weighted by molar-refractivity contribution is -0.147. The Morgan fingerprint density at radius 1 is 1.12 bits per heavy atom. The van der Waals surface area contributed by atoms with E-state index in [-0.39, 0.29) is 5.54 Å². The Hall–Kier alpha value is -1.72. The molecule has 1 aromatic carbocycles. The maximum Gasteiger partial charge on any atom is 0.243 e. The van der Waals surface area contributed by atoms with Crippen molar-refractivity contribution in [2.45, 2.75) is 44.2 Å². The van der Waals surface area contributed by atoms with Gasteiger partial charge in [-0.1, -0.05) is 30.3 Å². The third kappa shape index (κ3) is 3.35. The standard InChI is InChI=1S/C20H25N3OS/c24-19-20(10-5-13-23(20)16-18-21-11-15-25-18)9-4-12-22(19)14-8-17-6-2-1-3-7-17/h1-3,6-7,11,15H,4-5,8-10,12-14,16H2. The molecular formula is C20H25N3OS. The fraction of sp³-hybridized carbons (Fsp3) is 0.500. The fourth-order valence-electron chi connectivity index (χ4n) is 4.37. The molecule has 3 heterocycles. The molecule has 5 heteroatoms. The number of carbonyl (C=O) groups excluding carboxylic acids is 1. The van der Waals surface area contributed by atoms with E-state index in [1.54, 1.807) is 11.3 Å². The molecule has 1 aromatic heterocycles.